The van der Waals surface area contributed by atoms with E-state index in [1.165, 1.54) is 23.8 Å². The summed E-state index contributed by atoms with van der Waals surface area (Å²) in [5.41, 5.74) is 0.291. The van der Waals surface area contributed by atoms with Crippen LogP contribution >= 0.6 is 0 Å². The molecule has 0 saturated carbocycles. The van der Waals surface area contributed by atoms with Gasteiger partial charge in [-0.1, -0.05) is 0 Å². The standard InChI is InChI=1S/C20H20F2N4O3/c1-10(2)26-18-13(9-23-20(25-18)24-11(3)12(4)27)7-17(19(26)28)29-16-6-5-14(21)8-15(16)22/h5-10,27H,1-4H3,(H,23,24,25)/b12-11+. The van der Waals surface area contributed by atoms with E-state index in [-0.39, 0.29) is 29.2 Å². The zero-order valence-corrected chi connectivity index (χ0v) is 16.3. The minimum absolute atomic E-state index is 0.0834. The summed E-state index contributed by atoms with van der Waals surface area (Å²) in [6.45, 7) is 6.76. The molecule has 2 aromatic heterocycles. The van der Waals surface area contributed by atoms with Gasteiger partial charge in [0, 0.05) is 23.7 Å². The molecule has 0 spiro atoms. The highest BCUT2D eigenvalue weighted by molar-refractivity contribution is 5.77. The van der Waals surface area contributed by atoms with Crippen molar-refractivity contribution in [2.24, 2.45) is 0 Å². The zero-order valence-electron chi connectivity index (χ0n) is 16.3. The molecule has 1 aromatic carbocycles. The first-order chi connectivity index (χ1) is 13.7. The highest BCUT2D eigenvalue weighted by Gasteiger charge is 2.17. The number of allylic oxidation sites excluding steroid dienone is 2. The van der Waals surface area contributed by atoms with Gasteiger partial charge in [0.05, 0.1) is 5.70 Å². The number of pyridine rings is 1. The molecule has 9 heteroatoms. The molecular weight excluding hydrogens is 382 g/mol. The Morgan fingerprint density at radius 2 is 1.93 bits per heavy atom. The normalized spacial score (nSPS) is 12.2. The summed E-state index contributed by atoms with van der Waals surface area (Å²) in [6, 6.07) is 3.95. The fraction of sp³-hybridized carbons (Fsp3) is 0.250. The number of fused-ring (bicyclic) bond motifs is 1. The Labute approximate surface area is 165 Å². The molecule has 0 aliphatic rings. The maximum atomic E-state index is 13.9. The largest absolute Gasteiger partial charge is 0.511 e. The van der Waals surface area contributed by atoms with E-state index < -0.39 is 17.2 Å². The van der Waals surface area contributed by atoms with Crippen LogP contribution in [0, 0.1) is 11.6 Å². The second-order valence-corrected chi connectivity index (χ2v) is 6.76. The van der Waals surface area contributed by atoms with Crippen LogP contribution in [0.15, 0.2) is 46.7 Å². The van der Waals surface area contributed by atoms with Crippen molar-refractivity contribution in [3.63, 3.8) is 0 Å². The van der Waals surface area contributed by atoms with Gasteiger partial charge in [-0.3, -0.25) is 9.36 Å². The highest BCUT2D eigenvalue weighted by Crippen LogP contribution is 2.26. The third-order valence-corrected chi connectivity index (χ3v) is 4.21. The molecule has 7 nitrogen and oxygen atoms in total. The number of benzene rings is 1. The monoisotopic (exact) mass is 402 g/mol. The molecule has 0 saturated heterocycles. The smallest absolute Gasteiger partial charge is 0.295 e. The number of aliphatic hydroxyl groups is 1. The van der Waals surface area contributed by atoms with Gasteiger partial charge in [0.15, 0.2) is 17.3 Å². The van der Waals surface area contributed by atoms with Crippen LogP contribution < -0.4 is 15.6 Å². The Morgan fingerprint density at radius 1 is 1.21 bits per heavy atom. The van der Waals surface area contributed by atoms with Gasteiger partial charge in [0.1, 0.15) is 17.2 Å². The first kappa shape index (κ1) is 20.2. The maximum absolute atomic E-state index is 13.9. The molecule has 0 radical (unpaired) electrons. The quantitative estimate of drug-likeness (QED) is 0.603. The number of aromatic nitrogens is 3. The van der Waals surface area contributed by atoms with Crippen LogP contribution in [-0.2, 0) is 0 Å². The molecule has 2 N–H and O–H groups in total. The van der Waals surface area contributed by atoms with Crippen LogP contribution in [0.25, 0.3) is 11.0 Å². The molecule has 0 aliphatic carbocycles. The first-order valence-electron chi connectivity index (χ1n) is 8.86. The lowest BCUT2D eigenvalue weighted by atomic mass is 10.2. The van der Waals surface area contributed by atoms with Crippen LogP contribution in [0.4, 0.5) is 14.7 Å². The van der Waals surface area contributed by atoms with E-state index in [2.05, 4.69) is 15.3 Å². The van der Waals surface area contributed by atoms with E-state index in [9.17, 15) is 18.7 Å². The molecule has 0 atom stereocenters. The van der Waals surface area contributed by atoms with E-state index in [0.717, 1.165) is 12.1 Å². The topological polar surface area (TPSA) is 89.3 Å². The Bertz CT molecular complexity index is 1170. The lowest BCUT2D eigenvalue weighted by Gasteiger charge is -2.16. The van der Waals surface area contributed by atoms with E-state index >= 15 is 0 Å². The van der Waals surface area contributed by atoms with Gasteiger partial charge in [-0.05, 0) is 45.9 Å². The fourth-order valence-corrected chi connectivity index (χ4v) is 2.64. The van der Waals surface area contributed by atoms with Gasteiger partial charge in [-0.15, -0.1) is 0 Å². The highest BCUT2D eigenvalue weighted by atomic mass is 19.1. The molecule has 2 heterocycles. The minimum Gasteiger partial charge on any atom is -0.511 e. The predicted molar refractivity (Wildman–Crippen MR) is 105 cm³/mol. The zero-order chi connectivity index (χ0) is 21.3. The van der Waals surface area contributed by atoms with Crippen molar-refractivity contribution in [2.75, 3.05) is 5.32 Å². The van der Waals surface area contributed by atoms with Crippen LogP contribution in [0.2, 0.25) is 0 Å². The van der Waals surface area contributed by atoms with Crippen LogP contribution in [-0.4, -0.2) is 19.6 Å². The number of ether oxygens (including phenoxy) is 1. The van der Waals surface area contributed by atoms with Crippen molar-refractivity contribution in [1.29, 1.82) is 0 Å². The summed E-state index contributed by atoms with van der Waals surface area (Å²) in [5.74, 6) is -1.78. The van der Waals surface area contributed by atoms with Crippen LogP contribution in [0.5, 0.6) is 11.5 Å². The average molecular weight is 402 g/mol. The van der Waals surface area contributed by atoms with Gasteiger partial charge >= 0.3 is 0 Å². The second kappa shape index (κ2) is 7.86. The Morgan fingerprint density at radius 3 is 2.55 bits per heavy atom. The molecular formula is C20H20F2N4O3. The SMILES string of the molecule is C/C(O)=C(/C)Nc1ncc2cc(Oc3ccc(F)cc3F)c(=O)n(C(C)C)c2n1. The Balaban J connectivity index is 2.13. The van der Waals surface area contributed by atoms with Crippen molar-refractivity contribution in [1.82, 2.24) is 14.5 Å². The number of nitrogens with one attached hydrogen (secondary N) is 1. The summed E-state index contributed by atoms with van der Waals surface area (Å²) >= 11 is 0. The lowest BCUT2D eigenvalue weighted by Crippen LogP contribution is -2.24. The van der Waals surface area contributed by atoms with E-state index in [1.54, 1.807) is 20.8 Å². The molecule has 3 rings (SSSR count). The van der Waals surface area contributed by atoms with E-state index in [1.807, 2.05) is 0 Å². The predicted octanol–water partition coefficient (Wildman–Crippen LogP) is 4.66. The van der Waals surface area contributed by atoms with Gasteiger partial charge in [0.2, 0.25) is 5.95 Å². The molecule has 0 unspecified atom stereocenters. The van der Waals surface area contributed by atoms with Gasteiger partial charge in [-0.25, -0.2) is 13.8 Å². The van der Waals surface area contributed by atoms with Crippen LogP contribution in [0.1, 0.15) is 33.7 Å². The van der Waals surface area contributed by atoms with Crippen molar-refractivity contribution >= 4 is 17.0 Å². The minimum atomic E-state index is -0.918. The molecule has 152 valence electrons. The Kier molecular flexibility index (Phi) is 5.49. The summed E-state index contributed by atoms with van der Waals surface area (Å²) in [6.07, 6.45) is 1.48. The molecule has 0 amide bonds. The first-order valence-corrected chi connectivity index (χ1v) is 8.86. The van der Waals surface area contributed by atoms with Gasteiger partial charge < -0.3 is 15.2 Å². The number of halogens is 2. The van der Waals surface area contributed by atoms with Crippen molar-refractivity contribution < 1.29 is 18.6 Å². The van der Waals surface area contributed by atoms with E-state index in [4.69, 9.17) is 4.74 Å². The van der Waals surface area contributed by atoms with Crippen molar-refractivity contribution in [3.05, 3.63) is 63.9 Å². The number of aliphatic hydroxyl groups excluding tert-OH is 1. The van der Waals surface area contributed by atoms with Gasteiger partial charge in [-0.2, -0.15) is 4.98 Å². The summed E-state index contributed by atoms with van der Waals surface area (Å²) in [4.78, 5) is 21.5. The van der Waals surface area contributed by atoms with E-state index in [0.29, 0.717) is 22.8 Å². The number of nitrogens with zero attached hydrogens (tertiary/aromatic N) is 3. The van der Waals surface area contributed by atoms with Gasteiger partial charge in [0.25, 0.3) is 5.56 Å². The third kappa shape index (κ3) is 4.18. The fourth-order valence-electron chi connectivity index (χ4n) is 2.64. The molecule has 0 bridgehead atoms. The average Bonchev–Trinajstić information content (AvgIpc) is 2.64. The molecule has 0 fully saturated rings. The molecule has 29 heavy (non-hydrogen) atoms. The number of rotatable bonds is 5. The summed E-state index contributed by atoms with van der Waals surface area (Å²) < 4.78 is 33.9. The number of hydrogen-bond donors (Lipinski definition) is 2. The van der Waals surface area contributed by atoms with Crippen molar-refractivity contribution in [2.45, 2.75) is 33.7 Å². The summed E-state index contributed by atoms with van der Waals surface area (Å²) in [5, 5.41) is 12.9. The Hall–Kier alpha value is -3.49. The molecule has 0 aliphatic heterocycles. The third-order valence-electron chi connectivity index (χ3n) is 4.21. The number of hydrogen-bond acceptors (Lipinski definition) is 6. The number of anilines is 1. The molecule has 3 aromatic rings. The maximum Gasteiger partial charge on any atom is 0.295 e. The van der Waals surface area contributed by atoms with Crippen LogP contribution in [0.3, 0.4) is 0 Å². The summed E-state index contributed by atoms with van der Waals surface area (Å²) in [7, 11) is 0. The second-order valence-electron chi connectivity index (χ2n) is 6.76. The van der Waals surface area contributed by atoms with Crippen molar-refractivity contribution in [3.8, 4) is 11.5 Å². The lowest BCUT2D eigenvalue weighted by molar-refractivity contribution is 0.407.